The van der Waals surface area contributed by atoms with Gasteiger partial charge in [-0.2, -0.15) is 4.98 Å². The van der Waals surface area contributed by atoms with Gasteiger partial charge in [-0.15, -0.1) is 0 Å². The van der Waals surface area contributed by atoms with Crippen LogP contribution in [0.15, 0.2) is 54.6 Å². The molecule has 0 amide bonds. The van der Waals surface area contributed by atoms with E-state index in [1.165, 1.54) is 16.7 Å². The first-order valence-electron chi connectivity index (χ1n) is 8.72. The summed E-state index contributed by atoms with van der Waals surface area (Å²) in [6, 6.07) is 18.3. The van der Waals surface area contributed by atoms with E-state index in [4.69, 9.17) is 11.6 Å². The van der Waals surface area contributed by atoms with Gasteiger partial charge in [-0.1, -0.05) is 53.6 Å². The molecule has 0 unspecified atom stereocenters. The van der Waals surface area contributed by atoms with Crippen molar-refractivity contribution in [3.8, 4) is 0 Å². The average molecular weight is 367 g/mol. The van der Waals surface area contributed by atoms with Crippen LogP contribution in [0.4, 0.5) is 11.8 Å². The third-order valence-corrected chi connectivity index (χ3v) is 4.31. The molecule has 0 radical (unpaired) electrons. The first-order valence-corrected chi connectivity index (χ1v) is 9.10. The lowest BCUT2D eigenvalue weighted by Gasteiger charge is -2.10. The highest BCUT2D eigenvalue weighted by molar-refractivity contribution is 6.30. The van der Waals surface area contributed by atoms with Crippen LogP contribution in [0.1, 0.15) is 22.4 Å². The number of halogens is 1. The van der Waals surface area contributed by atoms with Crippen LogP contribution in [-0.2, 0) is 13.0 Å². The van der Waals surface area contributed by atoms with Gasteiger partial charge in [-0.05, 0) is 43.5 Å². The number of aryl methyl sites for hydroxylation is 2. The predicted molar refractivity (Wildman–Crippen MR) is 109 cm³/mol. The third-order valence-electron chi connectivity index (χ3n) is 4.06. The molecule has 0 atom stereocenters. The minimum Gasteiger partial charge on any atom is -0.366 e. The molecule has 1 heterocycles. The van der Waals surface area contributed by atoms with Gasteiger partial charge in [0.1, 0.15) is 5.82 Å². The van der Waals surface area contributed by atoms with Crippen molar-refractivity contribution in [1.82, 2.24) is 9.97 Å². The molecule has 2 aromatic carbocycles. The summed E-state index contributed by atoms with van der Waals surface area (Å²) in [5.41, 5.74) is 4.65. The van der Waals surface area contributed by atoms with E-state index in [0.717, 1.165) is 36.0 Å². The Labute approximate surface area is 159 Å². The lowest BCUT2D eigenvalue weighted by molar-refractivity contribution is 0.969. The van der Waals surface area contributed by atoms with Gasteiger partial charge in [0.2, 0.25) is 5.95 Å². The van der Waals surface area contributed by atoms with Crippen LogP contribution in [0, 0.1) is 13.8 Å². The number of nitrogens with zero attached hydrogens (tertiary/aromatic N) is 2. The van der Waals surface area contributed by atoms with Gasteiger partial charge < -0.3 is 10.6 Å². The van der Waals surface area contributed by atoms with Crippen LogP contribution in [0.5, 0.6) is 0 Å². The van der Waals surface area contributed by atoms with E-state index in [1.54, 1.807) is 0 Å². The number of aromatic nitrogens is 2. The number of anilines is 2. The van der Waals surface area contributed by atoms with Gasteiger partial charge in [0, 0.05) is 29.9 Å². The maximum Gasteiger partial charge on any atom is 0.224 e. The second kappa shape index (κ2) is 8.68. The fourth-order valence-electron chi connectivity index (χ4n) is 2.61. The number of hydrogen-bond donors (Lipinski definition) is 2. The van der Waals surface area contributed by atoms with Gasteiger partial charge in [-0.25, -0.2) is 4.98 Å². The van der Waals surface area contributed by atoms with Crippen LogP contribution in [-0.4, -0.2) is 16.5 Å². The Morgan fingerprint density at radius 3 is 2.27 bits per heavy atom. The molecule has 26 heavy (non-hydrogen) atoms. The number of hydrogen-bond acceptors (Lipinski definition) is 4. The molecule has 0 fully saturated rings. The van der Waals surface area contributed by atoms with Crippen LogP contribution in [0.2, 0.25) is 5.02 Å². The summed E-state index contributed by atoms with van der Waals surface area (Å²) >= 11 is 5.92. The van der Waals surface area contributed by atoms with Crippen LogP contribution >= 0.6 is 11.6 Å². The molecule has 1 aromatic heterocycles. The van der Waals surface area contributed by atoms with E-state index in [9.17, 15) is 0 Å². The molecule has 0 aliphatic rings. The van der Waals surface area contributed by atoms with Crippen LogP contribution in [0.3, 0.4) is 0 Å². The van der Waals surface area contributed by atoms with Crippen molar-refractivity contribution < 1.29 is 0 Å². The first kappa shape index (κ1) is 18.2. The normalized spacial score (nSPS) is 10.6. The molecule has 4 nitrogen and oxygen atoms in total. The summed E-state index contributed by atoms with van der Waals surface area (Å²) in [5, 5.41) is 7.43. The Hall–Kier alpha value is -2.59. The molecule has 0 saturated heterocycles. The van der Waals surface area contributed by atoms with E-state index in [0.29, 0.717) is 5.95 Å². The molecule has 0 bridgehead atoms. The minimum atomic E-state index is 0.644. The monoisotopic (exact) mass is 366 g/mol. The Kier molecular flexibility index (Phi) is 6.08. The molecule has 0 aliphatic carbocycles. The second-order valence-corrected chi connectivity index (χ2v) is 6.80. The van der Waals surface area contributed by atoms with Gasteiger partial charge in [0.25, 0.3) is 0 Å². The summed E-state index contributed by atoms with van der Waals surface area (Å²) in [7, 11) is 0. The van der Waals surface area contributed by atoms with Crippen molar-refractivity contribution >= 4 is 23.4 Å². The van der Waals surface area contributed by atoms with Gasteiger partial charge in [-0.3, -0.25) is 0 Å². The Balaban J connectivity index is 1.56. The predicted octanol–water partition coefficient (Wildman–Crippen LogP) is 5.01. The summed E-state index contributed by atoms with van der Waals surface area (Å²) in [6.07, 6.45) is 0.889. The maximum absolute atomic E-state index is 5.92. The lowest BCUT2D eigenvalue weighted by Crippen LogP contribution is -2.10. The summed E-state index contributed by atoms with van der Waals surface area (Å²) in [4.78, 5) is 9.02. The van der Waals surface area contributed by atoms with Crippen molar-refractivity contribution in [2.24, 2.45) is 0 Å². The lowest BCUT2D eigenvalue weighted by atomic mass is 10.1. The van der Waals surface area contributed by atoms with Crippen molar-refractivity contribution in [1.29, 1.82) is 0 Å². The zero-order valence-corrected chi connectivity index (χ0v) is 15.8. The van der Waals surface area contributed by atoms with E-state index in [2.05, 4.69) is 51.8 Å². The molecule has 0 aliphatic heterocycles. The zero-order chi connectivity index (χ0) is 18.4. The summed E-state index contributed by atoms with van der Waals surface area (Å²) < 4.78 is 0. The van der Waals surface area contributed by atoms with Crippen molar-refractivity contribution in [2.75, 3.05) is 17.2 Å². The number of nitrogens with one attached hydrogen (secondary N) is 2. The SMILES string of the molecule is Cc1ccc(CNc2cc(C)nc(NCCc3ccc(Cl)cc3)n2)cc1. The van der Waals surface area contributed by atoms with Crippen molar-refractivity contribution in [3.63, 3.8) is 0 Å². The summed E-state index contributed by atoms with van der Waals surface area (Å²) in [6.45, 7) is 5.57. The molecule has 0 saturated carbocycles. The highest BCUT2D eigenvalue weighted by atomic mass is 35.5. The fourth-order valence-corrected chi connectivity index (χ4v) is 2.73. The standard InChI is InChI=1S/C21H23ClN4/c1-15-3-5-18(6-4-15)14-24-20-13-16(2)25-21(26-20)23-12-11-17-7-9-19(22)10-8-17/h3-10,13H,11-12,14H2,1-2H3,(H2,23,24,25,26). The zero-order valence-electron chi connectivity index (χ0n) is 15.1. The summed E-state index contributed by atoms with van der Waals surface area (Å²) in [5.74, 6) is 1.47. The molecule has 0 spiro atoms. The highest BCUT2D eigenvalue weighted by Gasteiger charge is 2.03. The van der Waals surface area contributed by atoms with Gasteiger partial charge in [0.05, 0.1) is 0 Å². The van der Waals surface area contributed by atoms with Crippen LogP contribution < -0.4 is 10.6 Å². The highest BCUT2D eigenvalue weighted by Crippen LogP contribution is 2.13. The first-order chi connectivity index (χ1) is 12.6. The smallest absolute Gasteiger partial charge is 0.224 e. The quantitative estimate of drug-likeness (QED) is 0.616. The van der Waals surface area contributed by atoms with E-state index >= 15 is 0 Å². The molecule has 2 N–H and O–H groups in total. The molecule has 134 valence electrons. The third kappa shape index (κ3) is 5.46. The topological polar surface area (TPSA) is 49.8 Å². The maximum atomic E-state index is 5.92. The van der Waals surface area contributed by atoms with Crippen LogP contribution in [0.25, 0.3) is 0 Å². The molecular formula is C21H23ClN4. The number of rotatable bonds is 7. The van der Waals surface area contributed by atoms with Crippen molar-refractivity contribution in [3.05, 3.63) is 82.0 Å². The van der Waals surface area contributed by atoms with Crippen molar-refractivity contribution in [2.45, 2.75) is 26.8 Å². The Bertz CT molecular complexity index is 845. The molecular weight excluding hydrogens is 344 g/mol. The largest absolute Gasteiger partial charge is 0.366 e. The van der Waals surface area contributed by atoms with Gasteiger partial charge in [0.15, 0.2) is 0 Å². The number of benzene rings is 2. The van der Waals surface area contributed by atoms with E-state index < -0.39 is 0 Å². The average Bonchev–Trinajstić information content (AvgIpc) is 2.63. The molecule has 5 heteroatoms. The van der Waals surface area contributed by atoms with E-state index in [-0.39, 0.29) is 0 Å². The van der Waals surface area contributed by atoms with Gasteiger partial charge >= 0.3 is 0 Å². The minimum absolute atomic E-state index is 0.644. The molecule has 3 rings (SSSR count). The Morgan fingerprint density at radius 2 is 1.54 bits per heavy atom. The second-order valence-electron chi connectivity index (χ2n) is 6.36. The molecule has 3 aromatic rings. The fraction of sp³-hybridized carbons (Fsp3) is 0.238. The Morgan fingerprint density at radius 1 is 0.846 bits per heavy atom. The van der Waals surface area contributed by atoms with E-state index in [1.807, 2.05) is 37.3 Å².